The number of hydrogen-bond acceptors (Lipinski definition) is 5. The number of thiazole rings is 1. The summed E-state index contributed by atoms with van der Waals surface area (Å²) in [5.74, 6) is 0.694. The summed E-state index contributed by atoms with van der Waals surface area (Å²) in [5.41, 5.74) is 2.15. The molecule has 0 aliphatic rings. The minimum atomic E-state index is 0.694. The molecule has 0 unspecified atom stereocenters. The van der Waals surface area contributed by atoms with Crippen molar-refractivity contribution in [2.45, 2.75) is 20.3 Å². The van der Waals surface area contributed by atoms with Gasteiger partial charge in [-0.3, -0.25) is 0 Å². The van der Waals surface area contributed by atoms with Crippen LogP contribution in [0.25, 0.3) is 0 Å². The van der Waals surface area contributed by atoms with Crippen molar-refractivity contribution in [3.05, 3.63) is 34.0 Å². The first-order valence-electron chi connectivity index (χ1n) is 5.24. The molecule has 2 rings (SSSR count). The van der Waals surface area contributed by atoms with E-state index in [1.54, 1.807) is 11.3 Å². The maximum atomic E-state index is 4.48. The maximum Gasteiger partial charge on any atom is 0.222 e. The zero-order chi connectivity index (χ0) is 11.4. The van der Waals surface area contributed by atoms with Crippen molar-refractivity contribution in [1.29, 1.82) is 0 Å². The minimum Gasteiger partial charge on any atom is -0.354 e. The van der Waals surface area contributed by atoms with E-state index in [0.29, 0.717) is 5.95 Å². The standard InChI is InChI=1S/C11H14N4S/c1-3-12-11-14-7-8(2)9(15-11)6-10-13-4-5-16-10/h4-5,7H,3,6H2,1-2H3,(H,12,14,15). The summed E-state index contributed by atoms with van der Waals surface area (Å²) in [6.07, 6.45) is 4.46. The zero-order valence-electron chi connectivity index (χ0n) is 9.40. The van der Waals surface area contributed by atoms with Crippen LogP contribution in [-0.2, 0) is 6.42 Å². The summed E-state index contributed by atoms with van der Waals surface area (Å²) in [6.45, 7) is 4.89. The molecule has 84 valence electrons. The van der Waals surface area contributed by atoms with E-state index in [9.17, 15) is 0 Å². The second-order valence-corrected chi connectivity index (χ2v) is 4.44. The molecular weight excluding hydrogens is 220 g/mol. The summed E-state index contributed by atoms with van der Waals surface area (Å²) in [4.78, 5) is 13.0. The van der Waals surface area contributed by atoms with Gasteiger partial charge in [0, 0.05) is 30.7 Å². The third-order valence-electron chi connectivity index (χ3n) is 2.21. The van der Waals surface area contributed by atoms with Gasteiger partial charge in [-0.1, -0.05) is 0 Å². The lowest BCUT2D eigenvalue weighted by Crippen LogP contribution is -2.05. The van der Waals surface area contributed by atoms with Crippen LogP contribution in [0.2, 0.25) is 0 Å². The molecule has 0 aliphatic heterocycles. The first kappa shape index (κ1) is 11.0. The summed E-state index contributed by atoms with van der Waals surface area (Å²) in [7, 11) is 0. The fourth-order valence-corrected chi connectivity index (χ4v) is 2.00. The van der Waals surface area contributed by atoms with Crippen LogP contribution in [0.15, 0.2) is 17.8 Å². The van der Waals surface area contributed by atoms with Crippen LogP contribution in [0.5, 0.6) is 0 Å². The van der Waals surface area contributed by atoms with E-state index < -0.39 is 0 Å². The van der Waals surface area contributed by atoms with Crippen molar-refractivity contribution in [2.75, 3.05) is 11.9 Å². The predicted molar refractivity (Wildman–Crippen MR) is 65.9 cm³/mol. The number of aryl methyl sites for hydroxylation is 1. The van der Waals surface area contributed by atoms with Gasteiger partial charge in [-0.2, -0.15) is 0 Å². The minimum absolute atomic E-state index is 0.694. The first-order valence-corrected chi connectivity index (χ1v) is 6.12. The van der Waals surface area contributed by atoms with Crippen LogP contribution in [0.1, 0.15) is 23.2 Å². The molecule has 1 N–H and O–H groups in total. The van der Waals surface area contributed by atoms with Gasteiger partial charge in [0.2, 0.25) is 5.95 Å². The molecule has 2 aromatic rings. The van der Waals surface area contributed by atoms with E-state index in [1.807, 2.05) is 31.6 Å². The van der Waals surface area contributed by atoms with Crippen LogP contribution in [0.3, 0.4) is 0 Å². The Labute approximate surface area is 98.8 Å². The molecule has 0 fully saturated rings. The topological polar surface area (TPSA) is 50.7 Å². The Kier molecular flexibility index (Phi) is 3.46. The summed E-state index contributed by atoms with van der Waals surface area (Å²) in [6, 6.07) is 0. The van der Waals surface area contributed by atoms with Crippen LogP contribution in [0, 0.1) is 6.92 Å². The van der Waals surface area contributed by atoms with E-state index in [4.69, 9.17) is 0 Å². The van der Waals surface area contributed by atoms with Crippen LogP contribution in [0.4, 0.5) is 5.95 Å². The molecule has 0 saturated carbocycles. The molecule has 0 atom stereocenters. The van der Waals surface area contributed by atoms with Gasteiger partial charge in [0.1, 0.15) is 0 Å². The number of rotatable bonds is 4. The van der Waals surface area contributed by atoms with Crippen molar-refractivity contribution in [1.82, 2.24) is 15.0 Å². The van der Waals surface area contributed by atoms with Gasteiger partial charge in [0.15, 0.2) is 0 Å². The number of nitrogens with one attached hydrogen (secondary N) is 1. The molecule has 0 aromatic carbocycles. The van der Waals surface area contributed by atoms with Gasteiger partial charge in [-0.05, 0) is 19.4 Å². The number of anilines is 1. The molecule has 0 saturated heterocycles. The Bertz CT molecular complexity index is 453. The van der Waals surface area contributed by atoms with Gasteiger partial charge in [0.05, 0.1) is 10.7 Å². The molecule has 0 radical (unpaired) electrons. The van der Waals surface area contributed by atoms with E-state index in [-0.39, 0.29) is 0 Å². The number of nitrogens with zero attached hydrogens (tertiary/aromatic N) is 3. The van der Waals surface area contributed by atoms with Crippen molar-refractivity contribution in [3.8, 4) is 0 Å². The molecule has 16 heavy (non-hydrogen) atoms. The lowest BCUT2D eigenvalue weighted by atomic mass is 10.2. The Morgan fingerprint density at radius 3 is 2.94 bits per heavy atom. The fourth-order valence-electron chi connectivity index (χ4n) is 1.38. The third kappa shape index (κ3) is 2.55. The van der Waals surface area contributed by atoms with E-state index >= 15 is 0 Å². The second kappa shape index (κ2) is 5.03. The lowest BCUT2D eigenvalue weighted by molar-refractivity contribution is 0.973. The van der Waals surface area contributed by atoms with Gasteiger partial charge in [0.25, 0.3) is 0 Å². The van der Waals surface area contributed by atoms with Crippen molar-refractivity contribution < 1.29 is 0 Å². The quantitative estimate of drug-likeness (QED) is 0.881. The molecule has 5 heteroatoms. The Morgan fingerprint density at radius 2 is 2.25 bits per heavy atom. The summed E-state index contributed by atoms with van der Waals surface area (Å²) >= 11 is 1.65. The fraction of sp³-hybridized carbons (Fsp3) is 0.364. The lowest BCUT2D eigenvalue weighted by Gasteiger charge is -2.06. The number of hydrogen-bond donors (Lipinski definition) is 1. The second-order valence-electron chi connectivity index (χ2n) is 3.46. The van der Waals surface area contributed by atoms with Gasteiger partial charge in [-0.15, -0.1) is 11.3 Å². The van der Waals surface area contributed by atoms with E-state index in [0.717, 1.165) is 29.2 Å². The first-order chi connectivity index (χ1) is 7.79. The highest BCUT2D eigenvalue weighted by atomic mass is 32.1. The monoisotopic (exact) mass is 234 g/mol. The molecule has 4 nitrogen and oxygen atoms in total. The summed E-state index contributed by atoms with van der Waals surface area (Å²) in [5, 5.41) is 6.19. The maximum absolute atomic E-state index is 4.48. The van der Waals surface area contributed by atoms with Crippen molar-refractivity contribution in [2.24, 2.45) is 0 Å². The van der Waals surface area contributed by atoms with Crippen LogP contribution < -0.4 is 5.32 Å². The number of aromatic nitrogens is 3. The predicted octanol–water partition coefficient (Wildman–Crippen LogP) is 2.26. The average Bonchev–Trinajstić information content (AvgIpc) is 2.76. The smallest absolute Gasteiger partial charge is 0.222 e. The normalized spacial score (nSPS) is 10.4. The van der Waals surface area contributed by atoms with Gasteiger partial charge < -0.3 is 5.32 Å². The highest BCUT2D eigenvalue weighted by molar-refractivity contribution is 7.09. The molecule has 0 amide bonds. The van der Waals surface area contributed by atoms with Crippen molar-refractivity contribution >= 4 is 17.3 Å². The molecule has 0 aliphatic carbocycles. The van der Waals surface area contributed by atoms with Crippen molar-refractivity contribution in [3.63, 3.8) is 0 Å². The Morgan fingerprint density at radius 1 is 1.38 bits per heavy atom. The van der Waals surface area contributed by atoms with Gasteiger partial charge in [-0.25, -0.2) is 15.0 Å². The van der Waals surface area contributed by atoms with E-state index in [1.165, 1.54) is 0 Å². The summed E-state index contributed by atoms with van der Waals surface area (Å²) < 4.78 is 0. The largest absolute Gasteiger partial charge is 0.354 e. The van der Waals surface area contributed by atoms with E-state index in [2.05, 4.69) is 20.3 Å². The molecule has 2 aromatic heterocycles. The van der Waals surface area contributed by atoms with Crippen LogP contribution in [-0.4, -0.2) is 21.5 Å². The SMILES string of the molecule is CCNc1ncc(C)c(Cc2nccs2)n1. The Hall–Kier alpha value is -1.49. The third-order valence-corrected chi connectivity index (χ3v) is 2.99. The molecule has 0 spiro atoms. The average molecular weight is 234 g/mol. The Balaban J connectivity index is 2.21. The van der Waals surface area contributed by atoms with Gasteiger partial charge >= 0.3 is 0 Å². The molecular formula is C11H14N4S. The van der Waals surface area contributed by atoms with Crippen LogP contribution >= 0.6 is 11.3 Å². The molecule has 2 heterocycles. The highest BCUT2D eigenvalue weighted by Gasteiger charge is 2.06. The zero-order valence-corrected chi connectivity index (χ0v) is 10.2. The highest BCUT2D eigenvalue weighted by Crippen LogP contribution is 2.14. The molecule has 0 bridgehead atoms.